The highest BCUT2D eigenvalue weighted by Crippen LogP contribution is 2.48. The minimum atomic E-state index is -4.86. The molecule has 0 radical (unpaired) electrons. The first kappa shape index (κ1) is 49.9. The first-order valence-corrected chi connectivity index (χ1v) is 25.7. The number of phenolic OH excluding ortho intramolecular Hbond substituents is 1. The van der Waals surface area contributed by atoms with Crippen LogP contribution in [0.5, 0.6) is 11.5 Å². The van der Waals surface area contributed by atoms with Crippen LogP contribution < -0.4 is 10.5 Å². The molecule has 0 saturated heterocycles. The third-order valence-electron chi connectivity index (χ3n) is 8.06. The van der Waals surface area contributed by atoms with Crippen LogP contribution in [0.25, 0.3) is 10.8 Å². The number of azo groups is 2. The molecule has 0 aliphatic heterocycles. The standard InChI is InChI=1S/C31H35N5O20S6/c1-52-25-10-9-23(58(40,41)14-12-56-62(50,51)54-3)17-24(25)34-36-30-26(60(45,46)53-2)16-19-15-20(18-59(42,43)44)29(28(32)27(19)31(30)37)35-33-21-5-7-22(8-6-21)57(38,39)13-4-11-55-61(47,48)49/h5-10,15-17,37H,4,11-14,18,32H2,1-3H3,(H,42,43,44)(H,47,48,49). The van der Waals surface area contributed by atoms with Crippen molar-refractivity contribution in [2.24, 2.45) is 20.5 Å². The molecule has 25 nitrogen and oxygen atoms in total. The number of nitrogens with two attached hydrogens (primary N) is 1. The molecule has 62 heavy (non-hydrogen) atoms. The van der Waals surface area contributed by atoms with Crippen molar-refractivity contribution in [3.63, 3.8) is 0 Å². The molecule has 4 aromatic carbocycles. The van der Waals surface area contributed by atoms with Gasteiger partial charge in [0.2, 0.25) is 0 Å². The van der Waals surface area contributed by atoms with Crippen molar-refractivity contribution < 1.29 is 86.2 Å². The summed E-state index contributed by atoms with van der Waals surface area (Å²) in [6.45, 7) is -1.45. The van der Waals surface area contributed by atoms with E-state index in [0.717, 1.165) is 56.7 Å². The van der Waals surface area contributed by atoms with E-state index in [4.69, 9.17) is 15.0 Å². The molecule has 0 amide bonds. The molecule has 0 saturated carbocycles. The van der Waals surface area contributed by atoms with Crippen LogP contribution in [-0.4, -0.2) is 111 Å². The molecule has 340 valence electrons. The van der Waals surface area contributed by atoms with Crippen LogP contribution in [0.2, 0.25) is 0 Å². The summed E-state index contributed by atoms with van der Waals surface area (Å²) in [6.07, 6.45) is -0.300. The van der Waals surface area contributed by atoms with E-state index in [1.165, 1.54) is 19.2 Å². The molecule has 0 atom stereocenters. The molecule has 0 aromatic heterocycles. The fourth-order valence-electron chi connectivity index (χ4n) is 5.22. The zero-order chi connectivity index (χ0) is 46.5. The minimum Gasteiger partial charge on any atom is -0.505 e. The number of nitrogens with zero attached hydrogens (tertiary/aromatic N) is 4. The number of fused-ring (bicyclic) bond motifs is 1. The van der Waals surface area contributed by atoms with Gasteiger partial charge >= 0.3 is 20.8 Å². The van der Waals surface area contributed by atoms with Gasteiger partial charge < -0.3 is 15.6 Å². The average molecular weight is 990 g/mol. The monoisotopic (exact) mass is 989 g/mol. The molecule has 0 heterocycles. The predicted molar refractivity (Wildman–Crippen MR) is 215 cm³/mol. The summed E-state index contributed by atoms with van der Waals surface area (Å²) in [5.41, 5.74) is 3.77. The summed E-state index contributed by atoms with van der Waals surface area (Å²) >= 11 is 0. The highest BCUT2D eigenvalue weighted by molar-refractivity contribution is 7.91. The Morgan fingerprint density at radius 1 is 0.661 bits per heavy atom. The Balaban J connectivity index is 1.84. The second-order valence-electron chi connectivity index (χ2n) is 12.2. The van der Waals surface area contributed by atoms with Gasteiger partial charge in [0, 0.05) is 0 Å². The summed E-state index contributed by atoms with van der Waals surface area (Å²) in [5.74, 6) is -3.72. The van der Waals surface area contributed by atoms with Crippen LogP contribution >= 0.6 is 0 Å². The normalized spacial score (nSPS) is 13.4. The van der Waals surface area contributed by atoms with Crippen LogP contribution in [0.4, 0.5) is 28.4 Å². The molecule has 0 fully saturated rings. The number of benzene rings is 4. The number of phenols is 1. The van der Waals surface area contributed by atoms with Gasteiger partial charge in [-0.05, 0) is 72.0 Å². The lowest BCUT2D eigenvalue weighted by molar-refractivity contribution is 0.255. The number of hydrogen-bond acceptors (Lipinski definition) is 23. The highest BCUT2D eigenvalue weighted by atomic mass is 32.3. The predicted octanol–water partition coefficient (Wildman–Crippen LogP) is 3.35. The fourth-order valence-corrected chi connectivity index (χ4v) is 9.86. The molecule has 0 unspecified atom stereocenters. The van der Waals surface area contributed by atoms with Gasteiger partial charge in [-0.3, -0.25) is 17.5 Å². The van der Waals surface area contributed by atoms with Crippen LogP contribution in [0.1, 0.15) is 12.0 Å². The quantitative estimate of drug-likeness (QED) is 0.0306. The van der Waals surface area contributed by atoms with E-state index in [-0.39, 0.29) is 39.4 Å². The third-order valence-corrected chi connectivity index (χ3v) is 14.8. The minimum absolute atomic E-state index is 0.0399. The molecule has 0 aliphatic carbocycles. The van der Waals surface area contributed by atoms with Crippen molar-refractivity contribution in [3.8, 4) is 11.5 Å². The lowest BCUT2D eigenvalue weighted by Crippen LogP contribution is -2.16. The average Bonchev–Trinajstić information content (AvgIpc) is 3.17. The van der Waals surface area contributed by atoms with Gasteiger partial charge in [-0.25, -0.2) is 25.2 Å². The Morgan fingerprint density at radius 3 is 1.85 bits per heavy atom. The van der Waals surface area contributed by atoms with Gasteiger partial charge in [0.1, 0.15) is 33.5 Å². The molecular weight excluding hydrogens is 955 g/mol. The number of methoxy groups -OCH3 is 1. The van der Waals surface area contributed by atoms with Crippen molar-refractivity contribution in [2.75, 3.05) is 51.8 Å². The first-order valence-electron chi connectivity index (χ1n) is 16.6. The number of anilines is 1. The second kappa shape index (κ2) is 19.3. The fraction of sp³-hybridized carbons (Fsp3) is 0.290. The van der Waals surface area contributed by atoms with Crippen LogP contribution in [-0.2, 0) is 83.2 Å². The molecule has 0 spiro atoms. The number of aromatic hydroxyl groups is 1. The Morgan fingerprint density at radius 2 is 1.27 bits per heavy atom. The zero-order valence-corrected chi connectivity index (χ0v) is 36.9. The molecule has 0 bridgehead atoms. The molecule has 4 rings (SSSR count). The van der Waals surface area contributed by atoms with E-state index in [9.17, 15) is 60.2 Å². The zero-order valence-electron chi connectivity index (χ0n) is 32.0. The number of sulfone groups is 2. The van der Waals surface area contributed by atoms with Crippen LogP contribution in [0, 0.1) is 0 Å². The maximum absolute atomic E-state index is 13.2. The van der Waals surface area contributed by atoms with Gasteiger partial charge in [-0.1, -0.05) is 0 Å². The lowest BCUT2D eigenvalue weighted by atomic mass is 10.0. The summed E-state index contributed by atoms with van der Waals surface area (Å²) in [6, 6.07) is 9.61. The van der Waals surface area contributed by atoms with Crippen molar-refractivity contribution in [3.05, 3.63) is 60.2 Å². The number of ether oxygens (including phenoxy) is 1. The Kier molecular flexibility index (Phi) is 15.5. The van der Waals surface area contributed by atoms with Crippen molar-refractivity contribution in [1.82, 2.24) is 0 Å². The number of nitrogen functional groups attached to an aromatic ring is 1. The summed E-state index contributed by atoms with van der Waals surface area (Å²) < 4.78 is 187. The van der Waals surface area contributed by atoms with E-state index < -0.39 is 129 Å². The van der Waals surface area contributed by atoms with E-state index >= 15 is 0 Å². The first-order chi connectivity index (χ1) is 28.6. The Labute approximate surface area is 355 Å². The number of rotatable bonds is 21. The van der Waals surface area contributed by atoms with Gasteiger partial charge in [-0.15, -0.1) is 15.3 Å². The van der Waals surface area contributed by atoms with Crippen molar-refractivity contribution in [2.45, 2.75) is 26.9 Å². The maximum Gasteiger partial charge on any atom is 0.399 e. The topological polar surface area (TPSA) is 387 Å². The van der Waals surface area contributed by atoms with Crippen molar-refractivity contribution >= 4 is 99.9 Å². The largest absolute Gasteiger partial charge is 0.505 e. The maximum atomic E-state index is 13.2. The van der Waals surface area contributed by atoms with Gasteiger partial charge in [0.15, 0.2) is 25.4 Å². The third kappa shape index (κ3) is 12.9. The smallest absolute Gasteiger partial charge is 0.399 e. The molecule has 5 N–H and O–H groups in total. The highest BCUT2D eigenvalue weighted by Gasteiger charge is 2.28. The second-order valence-corrected chi connectivity index (χ2v) is 22.0. The molecule has 31 heteroatoms. The Bertz CT molecular complexity index is 3110. The summed E-state index contributed by atoms with van der Waals surface area (Å²) in [5, 5.41) is 26.6. The van der Waals surface area contributed by atoms with E-state index in [1.54, 1.807) is 0 Å². The van der Waals surface area contributed by atoms with E-state index in [1.807, 2.05) is 0 Å². The SMILES string of the molecule is COc1ccc(S(=O)(=O)CCOS(=O)(=O)OC)cc1N=Nc1c(S(=O)(=O)OC)cc2cc(CS(=O)(=O)O)c(N=Nc3ccc(S(=O)(=O)CCCOS(=O)(=O)O)cc3)c(N)c2c1O. The summed E-state index contributed by atoms with van der Waals surface area (Å²) in [4.78, 5) is -1.53. The summed E-state index contributed by atoms with van der Waals surface area (Å²) in [7, 11) is -24.4. The van der Waals surface area contributed by atoms with Gasteiger partial charge in [0.05, 0.1) is 72.6 Å². The molecular formula is C31H35N5O20S6. The van der Waals surface area contributed by atoms with Crippen LogP contribution in [0.3, 0.4) is 0 Å². The lowest BCUT2D eigenvalue weighted by Gasteiger charge is -2.15. The molecule has 0 aliphatic rings. The number of hydrogen-bond donors (Lipinski definition) is 4. The van der Waals surface area contributed by atoms with Crippen LogP contribution in [0.15, 0.2) is 89.7 Å². The van der Waals surface area contributed by atoms with E-state index in [2.05, 4.69) is 37.2 Å². The van der Waals surface area contributed by atoms with E-state index in [0.29, 0.717) is 0 Å². The van der Waals surface area contributed by atoms with Gasteiger partial charge in [-0.2, -0.15) is 38.8 Å². The van der Waals surface area contributed by atoms with Gasteiger partial charge in [0.25, 0.3) is 20.2 Å². The molecule has 4 aromatic rings. The van der Waals surface area contributed by atoms with Crippen molar-refractivity contribution in [1.29, 1.82) is 0 Å². The Hall–Kier alpha value is -4.80.